The SMILES string of the molecule is N=C(C1CCCCC1)N1CCOCC1. The molecule has 1 saturated carbocycles. The first-order chi connectivity index (χ1) is 6.88. The Morgan fingerprint density at radius 3 is 2.36 bits per heavy atom. The van der Waals surface area contributed by atoms with Gasteiger partial charge in [0.1, 0.15) is 0 Å². The molecule has 0 aromatic heterocycles. The minimum atomic E-state index is 0.543. The van der Waals surface area contributed by atoms with E-state index < -0.39 is 0 Å². The van der Waals surface area contributed by atoms with Gasteiger partial charge in [0.2, 0.25) is 0 Å². The molecule has 0 atom stereocenters. The van der Waals surface area contributed by atoms with E-state index in [1.807, 2.05) is 0 Å². The van der Waals surface area contributed by atoms with Gasteiger partial charge in [0.05, 0.1) is 19.0 Å². The van der Waals surface area contributed by atoms with E-state index in [0.29, 0.717) is 5.92 Å². The molecule has 1 saturated heterocycles. The molecule has 0 radical (unpaired) electrons. The van der Waals surface area contributed by atoms with Crippen molar-refractivity contribution in [3.8, 4) is 0 Å². The van der Waals surface area contributed by atoms with Crippen molar-refractivity contribution in [3.63, 3.8) is 0 Å². The maximum atomic E-state index is 8.15. The van der Waals surface area contributed by atoms with Gasteiger partial charge in [-0.2, -0.15) is 0 Å². The summed E-state index contributed by atoms with van der Waals surface area (Å²) in [4.78, 5) is 2.21. The summed E-state index contributed by atoms with van der Waals surface area (Å²) in [6.45, 7) is 3.45. The van der Waals surface area contributed by atoms with Crippen LogP contribution < -0.4 is 0 Å². The highest BCUT2D eigenvalue weighted by Crippen LogP contribution is 2.25. The summed E-state index contributed by atoms with van der Waals surface area (Å²) in [5.41, 5.74) is 0. The van der Waals surface area contributed by atoms with E-state index in [4.69, 9.17) is 10.1 Å². The highest BCUT2D eigenvalue weighted by Gasteiger charge is 2.23. The van der Waals surface area contributed by atoms with Gasteiger partial charge in [-0.05, 0) is 12.8 Å². The second kappa shape index (κ2) is 4.78. The first kappa shape index (κ1) is 9.97. The van der Waals surface area contributed by atoms with Crippen LogP contribution in [-0.4, -0.2) is 37.0 Å². The van der Waals surface area contributed by atoms with Crippen LogP contribution in [0, 0.1) is 11.3 Å². The smallest absolute Gasteiger partial charge is 0.0991 e. The van der Waals surface area contributed by atoms with Gasteiger partial charge in [-0.1, -0.05) is 19.3 Å². The summed E-state index contributed by atoms with van der Waals surface area (Å²) >= 11 is 0. The quantitative estimate of drug-likeness (QED) is 0.513. The topological polar surface area (TPSA) is 36.3 Å². The molecule has 3 heteroatoms. The van der Waals surface area contributed by atoms with E-state index in [0.717, 1.165) is 32.1 Å². The number of ether oxygens (including phenoxy) is 1. The number of amidine groups is 1. The van der Waals surface area contributed by atoms with Crippen LogP contribution in [0.5, 0.6) is 0 Å². The molecule has 0 aromatic carbocycles. The van der Waals surface area contributed by atoms with Crippen LogP contribution in [-0.2, 0) is 4.74 Å². The lowest BCUT2D eigenvalue weighted by Crippen LogP contribution is -2.43. The highest BCUT2D eigenvalue weighted by atomic mass is 16.5. The predicted octanol–water partition coefficient (Wildman–Crippen LogP) is 1.88. The standard InChI is InChI=1S/C11H20N2O/c12-11(10-4-2-1-3-5-10)13-6-8-14-9-7-13/h10,12H,1-9H2. The first-order valence-corrected chi connectivity index (χ1v) is 5.79. The molecule has 2 fully saturated rings. The van der Waals surface area contributed by atoms with Crippen LogP contribution in [0.3, 0.4) is 0 Å². The van der Waals surface area contributed by atoms with Gasteiger partial charge in [0.25, 0.3) is 0 Å². The second-order valence-electron chi connectivity index (χ2n) is 4.32. The summed E-state index contributed by atoms with van der Waals surface area (Å²) in [5, 5.41) is 8.15. The summed E-state index contributed by atoms with van der Waals surface area (Å²) in [5.74, 6) is 1.43. The van der Waals surface area contributed by atoms with Crippen LogP contribution in [0.2, 0.25) is 0 Å². The lowest BCUT2D eigenvalue weighted by molar-refractivity contribution is 0.0648. The fraction of sp³-hybridized carbons (Fsp3) is 0.909. The van der Waals surface area contributed by atoms with E-state index >= 15 is 0 Å². The van der Waals surface area contributed by atoms with Crippen molar-refractivity contribution < 1.29 is 4.74 Å². The van der Waals surface area contributed by atoms with Gasteiger partial charge in [0.15, 0.2) is 0 Å². The van der Waals surface area contributed by atoms with Gasteiger partial charge < -0.3 is 9.64 Å². The number of hydrogen-bond donors (Lipinski definition) is 1. The fourth-order valence-corrected chi connectivity index (χ4v) is 2.44. The number of hydrogen-bond acceptors (Lipinski definition) is 2. The van der Waals surface area contributed by atoms with Crippen molar-refractivity contribution in [3.05, 3.63) is 0 Å². The molecule has 1 aliphatic carbocycles. The van der Waals surface area contributed by atoms with Crippen LogP contribution in [0.4, 0.5) is 0 Å². The Labute approximate surface area is 85.9 Å². The summed E-state index contributed by atoms with van der Waals surface area (Å²) < 4.78 is 5.30. The van der Waals surface area contributed by atoms with Crippen LogP contribution in [0.25, 0.3) is 0 Å². The largest absolute Gasteiger partial charge is 0.378 e. The third kappa shape index (κ3) is 2.27. The Morgan fingerprint density at radius 1 is 1.07 bits per heavy atom. The van der Waals surface area contributed by atoms with E-state index in [2.05, 4.69) is 4.90 Å². The number of morpholine rings is 1. The molecule has 80 valence electrons. The lowest BCUT2D eigenvalue weighted by Gasteiger charge is -2.34. The van der Waals surface area contributed by atoms with E-state index in [1.165, 1.54) is 32.1 Å². The third-order valence-electron chi connectivity index (χ3n) is 3.34. The molecule has 2 rings (SSSR count). The van der Waals surface area contributed by atoms with Crippen LogP contribution >= 0.6 is 0 Å². The number of nitrogens with zero attached hydrogens (tertiary/aromatic N) is 1. The Balaban J connectivity index is 1.85. The van der Waals surface area contributed by atoms with E-state index in [1.54, 1.807) is 0 Å². The highest BCUT2D eigenvalue weighted by molar-refractivity contribution is 5.81. The predicted molar refractivity (Wildman–Crippen MR) is 56.7 cm³/mol. The third-order valence-corrected chi connectivity index (χ3v) is 3.34. The fourth-order valence-electron chi connectivity index (χ4n) is 2.44. The summed E-state index contributed by atoms with van der Waals surface area (Å²) in [7, 11) is 0. The molecule has 0 amide bonds. The Morgan fingerprint density at radius 2 is 1.71 bits per heavy atom. The zero-order chi connectivity index (χ0) is 9.80. The zero-order valence-electron chi connectivity index (χ0n) is 8.80. The minimum absolute atomic E-state index is 0.543. The molecule has 2 aliphatic rings. The Hall–Kier alpha value is -0.570. The molecule has 0 unspecified atom stereocenters. The van der Waals surface area contributed by atoms with Crippen molar-refractivity contribution in [2.45, 2.75) is 32.1 Å². The second-order valence-corrected chi connectivity index (χ2v) is 4.32. The average molecular weight is 196 g/mol. The molecule has 1 aliphatic heterocycles. The first-order valence-electron chi connectivity index (χ1n) is 5.79. The Bertz CT molecular complexity index is 173. The molecular weight excluding hydrogens is 176 g/mol. The average Bonchev–Trinajstić information content (AvgIpc) is 2.30. The molecule has 0 spiro atoms. The minimum Gasteiger partial charge on any atom is -0.378 e. The van der Waals surface area contributed by atoms with Gasteiger partial charge in [-0.15, -0.1) is 0 Å². The molecule has 1 N–H and O–H groups in total. The molecule has 0 bridgehead atoms. The van der Waals surface area contributed by atoms with Gasteiger partial charge >= 0.3 is 0 Å². The zero-order valence-corrected chi connectivity index (χ0v) is 8.80. The molecule has 14 heavy (non-hydrogen) atoms. The maximum Gasteiger partial charge on any atom is 0.0991 e. The Kier molecular flexibility index (Phi) is 3.40. The van der Waals surface area contributed by atoms with Gasteiger partial charge in [0, 0.05) is 19.0 Å². The van der Waals surface area contributed by atoms with Crippen molar-refractivity contribution in [1.29, 1.82) is 5.41 Å². The van der Waals surface area contributed by atoms with E-state index in [9.17, 15) is 0 Å². The number of nitrogens with one attached hydrogen (secondary N) is 1. The van der Waals surface area contributed by atoms with Crippen molar-refractivity contribution in [2.24, 2.45) is 5.92 Å². The van der Waals surface area contributed by atoms with E-state index in [-0.39, 0.29) is 0 Å². The van der Waals surface area contributed by atoms with Crippen LogP contribution in [0.15, 0.2) is 0 Å². The number of rotatable bonds is 1. The molecule has 1 heterocycles. The van der Waals surface area contributed by atoms with Crippen LogP contribution in [0.1, 0.15) is 32.1 Å². The molecule has 0 aromatic rings. The monoisotopic (exact) mass is 196 g/mol. The summed E-state index contributed by atoms with van der Waals surface area (Å²) in [6, 6.07) is 0. The normalized spacial score (nSPS) is 25.0. The molecular formula is C11H20N2O. The van der Waals surface area contributed by atoms with Crippen molar-refractivity contribution in [1.82, 2.24) is 4.90 Å². The summed E-state index contributed by atoms with van der Waals surface area (Å²) in [6.07, 6.45) is 6.47. The van der Waals surface area contributed by atoms with Gasteiger partial charge in [-0.3, -0.25) is 5.41 Å². The lowest BCUT2D eigenvalue weighted by atomic mass is 9.88. The van der Waals surface area contributed by atoms with Gasteiger partial charge in [-0.25, -0.2) is 0 Å². The van der Waals surface area contributed by atoms with Crippen molar-refractivity contribution in [2.75, 3.05) is 26.3 Å². The maximum absolute atomic E-state index is 8.15. The molecule has 3 nitrogen and oxygen atoms in total. The van der Waals surface area contributed by atoms with Crippen molar-refractivity contribution >= 4 is 5.84 Å².